The molecule has 0 radical (unpaired) electrons. The van der Waals surface area contributed by atoms with Gasteiger partial charge < -0.3 is 19.5 Å². The zero-order valence-corrected chi connectivity index (χ0v) is 15.7. The fourth-order valence-corrected chi connectivity index (χ4v) is 2.07. The van der Waals surface area contributed by atoms with Crippen molar-refractivity contribution in [2.45, 2.75) is 32.7 Å². The Balaban J connectivity index is 1.95. The molecule has 28 heavy (non-hydrogen) atoms. The van der Waals surface area contributed by atoms with E-state index in [1.54, 1.807) is 0 Å². The smallest absolute Gasteiger partial charge is 0.475 e. The summed E-state index contributed by atoms with van der Waals surface area (Å²) in [6, 6.07) is 8.21. The number of nitrogens with one attached hydrogen (secondary N) is 1. The molecule has 9 heteroatoms. The summed E-state index contributed by atoms with van der Waals surface area (Å²) in [6.07, 6.45) is -3.60. The van der Waals surface area contributed by atoms with E-state index in [1.807, 2.05) is 20.8 Å². The lowest BCUT2D eigenvalue weighted by molar-refractivity contribution is -0.274. The third kappa shape index (κ3) is 7.43. The van der Waals surface area contributed by atoms with Gasteiger partial charge in [-0.25, -0.2) is 4.98 Å². The summed E-state index contributed by atoms with van der Waals surface area (Å²) in [6.45, 7) is 6.45. The van der Waals surface area contributed by atoms with Crippen molar-refractivity contribution in [2.24, 2.45) is 0 Å². The molecule has 0 saturated carbocycles. The maximum absolute atomic E-state index is 12.5. The number of hydrogen-bond acceptors (Lipinski definition) is 5. The fraction of sp³-hybridized carbons (Fsp3) is 0.368. The average molecular weight is 398 g/mol. The number of rotatable bonds is 7. The molecule has 0 bridgehead atoms. The van der Waals surface area contributed by atoms with Crippen molar-refractivity contribution in [2.75, 3.05) is 18.5 Å². The molecule has 0 aliphatic rings. The molecular formula is C19H21F3N2O4. The highest BCUT2D eigenvalue weighted by atomic mass is 19.4. The van der Waals surface area contributed by atoms with E-state index in [4.69, 9.17) is 9.47 Å². The number of ether oxygens (including phenoxy) is 3. The van der Waals surface area contributed by atoms with E-state index in [0.717, 1.165) is 6.07 Å². The summed E-state index contributed by atoms with van der Waals surface area (Å²) in [5, 5.41) is 2.37. The normalized spacial score (nSPS) is 11.8. The third-order valence-corrected chi connectivity index (χ3v) is 3.23. The van der Waals surface area contributed by atoms with E-state index in [0.29, 0.717) is 12.5 Å². The molecule has 2 aromatic rings. The van der Waals surface area contributed by atoms with Gasteiger partial charge in [-0.2, -0.15) is 0 Å². The van der Waals surface area contributed by atoms with Crippen molar-refractivity contribution >= 4 is 11.6 Å². The van der Waals surface area contributed by atoms with Crippen molar-refractivity contribution in [3.63, 3.8) is 0 Å². The van der Waals surface area contributed by atoms with E-state index in [9.17, 15) is 18.0 Å². The summed E-state index contributed by atoms with van der Waals surface area (Å²) in [4.78, 5) is 16.3. The van der Waals surface area contributed by atoms with Crippen LogP contribution < -0.4 is 14.8 Å². The molecule has 0 aliphatic carbocycles. The Morgan fingerprint density at radius 2 is 1.79 bits per heavy atom. The van der Waals surface area contributed by atoms with Gasteiger partial charge in [0.05, 0.1) is 23.5 Å². The SMILES string of the molecule is CC(C)(C)OCCOc1ccc(C(=O)Nc2ccccc2OC(F)(F)F)cn1. The highest BCUT2D eigenvalue weighted by Gasteiger charge is 2.32. The number of nitrogens with zero attached hydrogens (tertiary/aromatic N) is 1. The number of carbonyl (C=O) groups is 1. The molecule has 0 unspecified atom stereocenters. The van der Waals surface area contributed by atoms with Crippen molar-refractivity contribution in [1.29, 1.82) is 0 Å². The van der Waals surface area contributed by atoms with Crippen LogP contribution in [0.5, 0.6) is 11.6 Å². The first-order valence-corrected chi connectivity index (χ1v) is 8.42. The van der Waals surface area contributed by atoms with Gasteiger partial charge in [0.15, 0.2) is 5.75 Å². The number of para-hydroxylation sites is 2. The standard InChI is InChI=1S/C19H21F3N2O4/c1-18(2,3)27-11-10-26-16-9-8-13(12-23-16)17(25)24-14-6-4-5-7-15(14)28-19(20,21)22/h4-9,12H,10-11H2,1-3H3,(H,24,25). The van der Waals surface area contributed by atoms with Gasteiger partial charge in [-0.15, -0.1) is 13.2 Å². The first kappa shape index (κ1) is 21.5. The lowest BCUT2D eigenvalue weighted by atomic mass is 10.2. The first-order chi connectivity index (χ1) is 13.0. The van der Waals surface area contributed by atoms with E-state index in [2.05, 4.69) is 15.0 Å². The Bertz CT molecular complexity index is 787. The van der Waals surface area contributed by atoms with Crippen molar-refractivity contribution in [1.82, 2.24) is 4.98 Å². The summed E-state index contributed by atoms with van der Waals surface area (Å²) in [5.74, 6) is -0.835. The van der Waals surface area contributed by atoms with E-state index in [-0.39, 0.29) is 23.5 Å². The highest BCUT2D eigenvalue weighted by Crippen LogP contribution is 2.30. The number of aromatic nitrogens is 1. The lowest BCUT2D eigenvalue weighted by Crippen LogP contribution is -2.22. The highest BCUT2D eigenvalue weighted by molar-refractivity contribution is 6.04. The zero-order valence-electron chi connectivity index (χ0n) is 15.7. The maximum atomic E-state index is 12.5. The van der Waals surface area contributed by atoms with Gasteiger partial charge >= 0.3 is 6.36 Å². The van der Waals surface area contributed by atoms with Gasteiger partial charge in [0.1, 0.15) is 6.61 Å². The van der Waals surface area contributed by atoms with Crippen LogP contribution in [0, 0.1) is 0 Å². The van der Waals surface area contributed by atoms with E-state index in [1.165, 1.54) is 36.5 Å². The Morgan fingerprint density at radius 1 is 1.07 bits per heavy atom. The molecule has 152 valence electrons. The molecule has 2 rings (SSSR count). The molecule has 1 heterocycles. The van der Waals surface area contributed by atoms with E-state index >= 15 is 0 Å². The Morgan fingerprint density at radius 3 is 2.39 bits per heavy atom. The predicted molar refractivity (Wildman–Crippen MR) is 96.5 cm³/mol. The molecular weight excluding hydrogens is 377 g/mol. The van der Waals surface area contributed by atoms with Crippen LogP contribution in [-0.4, -0.2) is 36.1 Å². The Kier molecular flexibility index (Phi) is 6.85. The minimum Gasteiger partial charge on any atom is -0.475 e. The van der Waals surface area contributed by atoms with Crippen molar-refractivity contribution in [3.8, 4) is 11.6 Å². The molecule has 0 saturated heterocycles. The number of carbonyl (C=O) groups excluding carboxylic acids is 1. The van der Waals surface area contributed by atoms with Crippen LogP contribution in [0.15, 0.2) is 42.6 Å². The number of halogens is 3. The second kappa shape index (κ2) is 8.92. The van der Waals surface area contributed by atoms with Crippen molar-refractivity contribution < 1.29 is 32.2 Å². The van der Waals surface area contributed by atoms with E-state index < -0.39 is 18.0 Å². The zero-order chi connectivity index (χ0) is 20.8. The first-order valence-electron chi connectivity index (χ1n) is 8.42. The number of benzene rings is 1. The van der Waals surface area contributed by atoms with Gasteiger partial charge in [0, 0.05) is 12.3 Å². The second-order valence-electron chi connectivity index (χ2n) is 6.69. The minimum atomic E-state index is -4.86. The monoisotopic (exact) mass is 398 g/mol. The Hall–Kier alpha value is -2.81. The topological polar surface area (TPSA) is 69.7 Å². The second-order valence-corrected chi connectivity index (χ2v) is 6.69. The van der Waals surface area contributed by atoms with Crippen molar-refractivity contribution in [3.05, 3.63) is 48.2 Å². The number of pyridine rings is 1. The van der Waals surface area contributed by atoms with Crippen LogP contribution in [-0.2, 0) is 4.74 Å². The van der Waals surface area contributed by atoms with Gasteiger partial charge in [0.25, 0.3) is 5.91 Å². The van der Waals surface area contributed by atoms with Crippen LogP contribution >= 0.6 is 0 Å². The molecule has 1 aromatic carbocycles. The molecule has 0 aliphatic heterocycles. The van der Waals surface area contributed by atoms with Gasteiger partial charge in [0.2, 0.25) is 5.88 Å². The Labute approximate surface area is 160 Å². The number of alkyl halides is 3. The van der Waals surface area contributed by atoms with Crippen LogP contribution in [0.2, 0.25) is 0 Å². The van der Waals surface area contributed by atoms with Crippen LogP contribution in [0.1, 0.15) is 31.1 Å². The molecule has 0 spiro atoms. The maximum Gasteiger partial charge on any atom is 0.573 e. The summed E-state index contributed by atoms with van der Waals surface area (Å²) < 4.78 is 52.2. The largest absolute Gasteiger partial charge is 0.573 e. The lowest BCUT2D eigenvalue weighted by Gasteiger charge is -2.19. The summed E-state index contributed by atoms with van der Waals surface area (Å²) in [5.41, 5.74) is -0.227. The summed E-state index contributed by atoms with van der Waals surface area (Å²) in [7, 11) is 0. The molecule has 1 aromatic heterocycles. The third-order valence-electron chi connectivity index (χ3n) is 3.23. The van der Waals surface area contributed by atoms with Crippen LogP contribution in [0.25, 0.3) is 0 Å². The minimum absolute atomic E-state index is 0.107. The predicted octanol–water partition coefficient (Wildman–Crippen LogP) is 4.43. The molecule has 0 fully saturated rings. The van der Waals surface area contributed by atoms with Gasteiger partial charge in [-0.05, 0) is 39.0 Å². The molecule has 0 atom stereocenters. The fourth-order valence-electron chi connectivity index (χ4n) is 2.07. The number of hydrogen-bond donors (Lipinski definition) is 1. The summed E-state index contributed by atoms with van der Waals surface area (Å²) >= 11 is 0. The van der Waals surface area contributed by atoms with Crippen LogP contribution in [0.3, 0.4) is 0 Å². The van der Waals surface area contributed by atoms with Gasteiger partial charge in [-0.1, -0.05) is 12.1 Å². The average Bonchev–Trinajstić information content (AvgIpc) is 2.59. The number of amides is 1. The molecule has 1 N–H and O–H groups in total. The molecule has 6 nitrogen and oxygen atoms in total. The van der Waals surface area contributed by atoms with Gasteiger partial charge in [-0.3, -0.25) is 4.79 Å². The molecule has 1 amide bonds. The quantitative estimate of drug-likeness (QED) is 0.699. The van der Waals surface area contributed by atoms with Crippen LogP contribution in [0.4, 0.5) is 18.9 Å². The number of anilines is 1.